The van der Waals surface area contributed by atoms with E-state index >= 15 is 0 Å². The zero-order valence-corrected chi connectivity index (χ0v) is 15.1. The summed E-state index contributed by atoms with van der Waals surface area (Å²) in [6, 6.07) is 14.7. The van der Waals surface area contributed by atoms with E-state index < -0.39 is 11.7 Å². The van der Waals surface area contributed by atoms with Gasteiger partial charge in [0.05, 0.1) is 28.3 Å². The number of halogens is 3. The Morgan fingerprint density at radius 3 is 2.54 bits per heavy atom. The lowest BCUT2D eigenvalue weighted by atomic mass is 10.1. The van der Waals surface area contributed by atoms with Gasteiger partial charge in [-0.15, -0.1) is 0 Å². The van der Waals surface area contributed by atoms with Crippen molar-refractivity contribution in [2.45, 2.75) is 6.18 Å². The third-order valence-corrected chi connectivity index (χ3v) is 4.48. The summed E-state index contributed by atoms with van der Waals surface area (Å²) in [4.78, 5) is 4.48. The maximum Gasteiger partial charge on any atom is 0.416 e. The fourth-order valence-electron chi connectivity index (χ4n) is 3.07. The van der Waals surface area contributed by atoms with Crippen LogP contribution in [0.15, 0.2) is 66.0 Å². The van der Waals surface area contributed by atoms with Gasteiger partial charge in [0.25, 0.3) is 0 Å². The van der Waals surface area contributed by atoms with Gasteiger partial charge in [0.15, 0.2) is 0 Å². The molecule has 4 nitrogen and oxygen atoms in total. The summed E-state index contributed by atoms with van der Waals surface area (Å²) in [5, 5.41) is 5.89. The lowest BCUT2D eigenvalue weighted by molar-refractivity contribution is -0.137. The first-order valence-corrected chi connectivity index (χ1v) is 8.74. The van der Waals surface area contributed by atoms with Crippen molar-refractivity contribution < 1.29 is 13.2 Å². The first kappa shape index (κ1) is 18.1. The molecule has 8 heteroatoms. The molecule has 3 aromatic carbocycles. The molecule has 0 aliphatic carbocycles. The fourth-order valence-corrected chi connectivity index (χ4v) is 3.13. The molecule has 1 N–H and O–H groups in total. The van der Waals surface area contributed by atoms with Crippen LogP contribution in [-0.2, 0) is 6.18 Å². The van der Waals surface area contributed by atoms with Crippen molar-refractivity contribution in [2.75, 3.05) is 0 Å². The van der Waals surface area contributed by atoms with Gasteiger partial charge in [0, 0.05) is 11.1 Å². The van der Waals surface area contributed by atoms with Gasteiger partial charge >= 0.3 is 6.18 Å². The Morgan fingerprint density at radius 1 is 1.04 bits per heavy atom. The number of alkyl halides is 3. The Balaban J connectivity index is 1.76. The van der Waals surface area contributed by atoms with Gasteiger partial charge in [-0.3, -0.25) is 9.99 Å². The Hall–Kier alpha value is -3.26. The zero-order chi connectivity index (χ0) is 19.7. The summed E-state index contributed by atoms with van der Waals surface area (Å²) >= 11 is 4.65. The van der Waals surface area contributed by atoms with Crippen molar-refractivity contribution in [1.82, 2.24) is 15.0 Å². The fraction of sp³-hybridized carbons (Fsp3) is 0.0500. The van der Waals surface area contributed by atoms with Gasteiger partial charge in [0.2, 0.25) is 0 Å². The second-order valence-electron chi connectivity index (χ2n) is 6.08. The van der Waals surface area contributed by atoms with E-state index in [1.165, 1.54) is 17.6 Å². The Kier molecular flexibility index (Phi) is 4.56. The number of hydrazone groups is 1. The van der Waals surface area contributed by atoms with E-state index in [-0.39, 0.29) is 0 Å². The smallest absolute Gasteiger partial charge is 0.299 e. The highest BCUT2D eigenvalue weighted by Crippen LogP contribution is 2.31. The first-order chi connectivity index (χ1) is 13.5. The molecule has 0 fully saturated rings. The van der Waals surface area contributed by atoms with Gasteiger partial charge in [0.1, 0.15) is 6.33 Å². The predicted octanol–water partition coefficient (Wildman–Crippen LogP) is 5.08. The van der Waals surface area contributed by atoms with E-state index in [4.69, 9.17) is 0 Å². The number of benzene rings is 3. The average molecular weight is 398 g/mol. The quantitative estimate of drug-likeness (QED) is 0.296. The molecular weight excluding hydrogens is 385 g/mol. The average Bonchev–Trinajstić information content (AvgIpc) is 3.12. The molecule has 0 amide bonds. The van der Waals surface area contributed by atoms with Crippen LogP contribution >= 0.6 is 12.2 Å². The second-order valence-corrected chi connectivity index (χ2v) is 6.31. The summed E-state index contributed by atoms with van der Waals surface area (Å²) < 4.78 is 40.1. The zero-order valence-electron chi connectivity index (χ0n) is 14.3. The number of fused-ring (bicyclic) bond motifs is 3. The maximum absolute atomic E-state index is 12.8. The monoisotopic (exact) mass is 398 g/mol. The van der Waals surface area contributed by atoms with Gasteiger partial charge < -0.3 is 0 Å². The van der Waals surface area contributed by atoms with Crippen LogP contribution in [0.2, 0.25) is 0 Å². The molecule has 0 saturated carbocycles. The van der Waals surface area contributed by atoms with Crippen LogP contribution in [0.4, 0.5) is 13.2 Å². The molecule has 0 aliphatic rings. The van der Waals surface area contributed by atoms with Crippen molar-refractivity contribution in [2.24, 2.45) is 5.10 Å². The number of nitrogens with zero attached hydrogens (tertiary/aromatic N) is 3. The van der Waals surface area contributed by atoms with E-state index in [1.807, 2.05) is 30.3 Å². The largest absolute Gasteiger partial charge is 0.416 e. The van der Waals surface area contributed by atoms with E-state index in [1.54, 1.807) is 17.1 Å². The van der Waals surface area contributed by atoms with Crippen LogP contribution in [0, 0.1) is 0 Å². The van der Waals surface area contributed by atoms with E-state index in [9.17, 15) is 13.2 Å². The van der Waals surface area contributed by atoms with Crippen molar-refractivity contribution in [3.63, 3.8) is 0 Å². The Morgan fingerprint density at radius 2 is 1.82 bits per heavy atom. The van der Waals surface area contributed by atoms with Crippen molar-refractivity contribution in [3.8, 4) is 5.69 Å². The normalized spacial score (nSPS) is 12.1. The molecule has 4 rings (SSSR count). The number of aromatic nitrogens is 2. The molecule has 1 heterocycles. The number of hydrogen-bond acceptors (Lipinski definition) is 3. The minimum absolute atomic E-state index is 0.616. The minimum Gasteiger partial charge on any atom is -0.299 e. The van der Waals surface area contributed by atoms with Gasteiger partial charge in [-0.1, -0.05) is 30.4 Å². The molecule has 1 aromatic heterocycles. The molecule has 140 valence electrons. The number of rotatable bonds is 4. The third-order valence-electron chi connectivity index (χ3n) is 4.37. The number of nitrogens with one attached hydrogen (secondary N) is 1. The van der Waals surface area contributed by atoms with Crippen molar-refractivity contribution >= 4 is 45.7 Å². The van der Waals surface area contributed by atoms with Crippen molar-refractivity contribution in [1.29, 1.82) is 0 Å². The third kappa shape index (κ3) is 3.34. The molecule has 0 bridgehead atoms. The van der Waals surface area contributed by atoms with Crippen LogP contribution in [0.5, 0.6) is 0 Å². The molecule has 0 radical (unpaired) electrons. The first-order valence-electron chi connectivity index (χ1n) is 8.27. The van der Waals surface area contributed by atoms with Gasteiger partial charge in [-0.25, -0.2) is 4.98 Å². The number of imidazole rings is 1. The van der Waals surface area contributed by atoms with Crippen LogP contribution in [0.1, 0.15) is 11.1 Å². The minimum atomic E-state index is -4.36. The summed E-state index contributed by atoms with van der Waals surface area (Å²) in [5.74, 6) is 0. The highest BCUT2D eigenvalue weighted by atomic mass is 32.1. The van der Waals surface area contributed by atoms with Crippen LogP contribution < -0.4 is 5.43 Å². The Bertz CT molecular complexity index is 1190. The number of hydrogen-bond donors (Lipinski definition) is 1. The maximum atomic E-state index is 12.8. The Labute approximate surface area is 163 Å². The topological polar surface area (TPSA) is 42.2 Å². The summed E-state index contributed by atoms with van der Waals surface area (Å²) in [6.07, 6.45) is -1.08. The summed E-state index contributed by atoms with van der Waals surface area (Å²) in [5.41, 5.74) is 6.33. The van der Waals surface area contributed by atoms with Crippen LogP contribution in [0.3, 0.4) is 0 Å². The lowest BCUT2D eigenvalue weighted by Crippen LogP contribution is -2.04. The van der Waals surface area contributed by atoms with Gasteiger partial charge in [-0.2, -0.15) is 18.3 Å². The van der Waals surface area contributed by atoms with Crippen LogP contribution in [-0.4, -0.2) is 21.3 Å². The molecule has 0 saturated heterocycles. The molecule has 0 unspecified atom stereocenters. The highest BCUT2D eigenvalue weighted by molar-refractivity contribution is 7.78. The van der Waals surface area contributed by atoms with Crippen molar-refractivity contribution in [3.05, 3.63) is 72.1 Å². The summed E-state index contributed by atoms with van der Waals surface area (Å²) in [6.45, 7) is 0. The SMILES string of the molecule is FC(F)(F)c1ccc(-n2cnc3c4ccc(/C=N/NC=S)cc4ccc32)cc1. The summed E-state index contributed by atoms with van der Waals surface area (Å²) in [7, 11) is 0. The van der Waals surface area contributed by atoms with E-state index in [0.717, 1.165) is 39.5 Å². The van der Waals surface area contributed by atoms with E-state index in [2.05, 4.69) is 27.7 Å². The lowest BCUT2D eigenvalue weighted by Gasteiger charge is -2.09. The molecular formula is C20H13F3N4S. The second kappa shape index (κ2) is 7.05. The van der Waals surface area contributed by atoms with Gasteiger partial charge in [-0.05, 0) is 47.3 Å². The molecule has 4 aromatic rings. The molecule has 0 atom stereocenters. The predicted molar refractivity (Wildman–Crippen MR) is 108 cm³/mol. The number of thiocarbonyl (C=S) groups is 1. The molecule has 28 heavy (non-hydrogen) atoms. The molecule has 0 spiro atoms. The highest BCUT2D eigenvalue weighted by Gasteiger charge is 2.30. The molecule has 0 aliphatic heterocycles. The standard InChI is InChI=1S/C20H13F3N4S/c21-20(22,23)15-3-5-16(6-4-15)27-11-24-19-17-7-1-13(10-25-26-12-28)9-14(17)2-8-18(19)27/h1-12H,(H,26,28)/b25-10+. The van der Waals surface area contributed by atoms with Crippen LogP contribution in [0.25, 0.3) is 27.5 Å². The van der Waals surface area contributed by atoms with E-state index in [0.29, 0.717) is 5.69 Å².